The molecule has 0 saturated carbocycles. The van der Waals surface area contributed by atoms with Crippen LogP contribution in [-0.2, 0) is 0 Å². The second-order valence-corrected chi connectivity index (χ2v) is 3.56. The van der Waals surface area contributed by atoms with E-state index in [9.17, 15) is 0 Å². The van der Waals surface area contributed by atoms with E-state index in [1.807, 2.05) is 18.2 Å². The molecule has 2 heteroatoms. The molecule has 0 N–H and O–H groups in total. The van der Waals surface area contributed by atoms with Crippen molar-refractivity contribution in [2.75, 3.05) is 0 Å². The third kappa shape index (κ3) is 1.93. The Labute approximate surface area is 70.1 Å². The minimum Gasteiger partial charge on any atom is -0.0622 e. The van der Waals surface area contributed by atoms with E-state index in [1.165, 1.54) is 16.5 Å². The molecule has 0 nitrogen and oxygen atoms in total. The van der Waals surface area contributed by atoms with Crippen LogP contribution in [0.1, 0.15) is 17.7 Å². The van der Waals surface area contributed by atoms with Crippen molar-refractivity contribution in [3.8, 4) is 0 Å². The predicted octanol–water partition coefficient (Wildman–Crippen LogP) is 3.63. The second kappa shape index (κ2) is 3.89. The molecule has 1 rings (SSSR count). The maximum Gasteiger partial charge on any atom is 0.0420 e. The normalized spacial score (nSPS) is 13.0. The summed E-state index contributed by atoms with van der Waals surface area (Å²) >= 11 is 0. The van der Waals surface area contributed by atoms with Gasteiger partial charge in [0.1, 0.15) is 0 Å². The van der Waals surface area contributed by atoms with E-state index in [4.69, 9.17) is 10.7 Å². The lowest BCUT2D eigenvalue weighted by Crippen LogP contribution is -1.82. The smallest absolute Gasteiger partial charge is 0.0420 e. The van der Waals surface area contributed by atoms with Crippen molar-refractivity contribution in [2.24, 2.45) is 0 Å². The van der Waals surface area contributed by atoms with Gasteiger partial charge in [0.25, 0.3) is 0 Å². The molecule has 0 fully saturated rings. The molecule has 0 heterocycles. The number of benzene rings is 1. The van der Waals surface area contributed by atoms with E-state index in [2.05, 4.69) is 19.1 Å². The molecule has 0 saturated heterocycles. The predicted molar refractivity (Wildman–Crippen MR) is 48.3 cm³/mol. The van der Waals surface area contributed by atoms with Gasteiger partial charge in [-0.05, 0) is 34.1 Å². The van der Waals surface area contributed by atoms with Crippen molar-refractivity contribution in [2.45, 2.75) is 12.2 Å². The first kappa shape index (κ1) is 7.96. The van der Waals surface area contributed by atoms with Crippen LogP contribution in [0.15, 0.2) is 30.3 Å². The van der Waals surface area contributed by atoms with Gasteiger partial charge in [0.15, 0.2) is 0 Å². The molecule has 1 aromatic carbocycles. The molecular formula is C8H9ClS. The lowest BCUT2D eigenvalue weighted by molar-refractivity contribution is 1.11. The fourth-order valence-electron chi connectivity index (χ4n) is 0.775. The standard InChI is InChI=1S/C8H9ClS/c1-7(10-9)8-5-3-2-4-6-8/h2-7H,1H3. The minimum absolute atomic E-state index is 0.392. The third-order valence-electron chi connectivity index (χ3n) is 1.40. The number of rotatable bonds is 2. The summed E-state index contributed by atoms with van der Waals surface area (Å²) in [7, 11) is 6.95. The van der Waals surface area contributed by atoms with E-state index in [-0.39, 0.29) is 0 Å². The molecule has 1 aromatic rings. The minimum atomic E-state index is 0.392. The SMILES string of the molecule is CC(SCl)c1ccccc1. The first-order valence-electron chi connectivity index (χ1n) is 3.17. The number of hydrogen-bond acceptors (Lipinski definition) is 1. The first-order chi connectivity index (χ1) is 4.84. The molecule has 1 atom stereocenters. The van der Waals surface area contributed by atoms with Gasteiger partial charge >= 0.3 is 0 Å². The van der Waals surface area contributed by atoms with Crippen LogP contribution in [0.2, 0.25) is 0 Å². The Kier molecular flexibility index (Phi) is 3.10. The highest BCUT2D eigenvalue weighted by atomic mass is 35.7. The van der Waals surface area contributed by atoms with Crippen molar-refractivity contribution >= 4 is 21.7 Å². The van der Waals surface area contributed by atoms with Gasteiger partial charge in [-0.15, -0.1) is 0 Å². The topological polar surface area (TPSA) is 0 Å². The Morgan fingerprint density at radius 1 is 1.30 bits per heavy atom. The maximum absolute atomic E-state index is 5.60. The zero-order chi connectivity index (χ0) is 7.40. The van der Waals surface area contributed by atoms with Gasteiger partial charge in [-0.25, -0.2) is 0 Å². The van der Waals surface area contributed by atoms with Gasteiger partial charge in [-0.1, -0.05) is 30.3 Å². The van der Waals surface area contributed by atoms with Crippen LogP contribution in [-0.4, -0.2) is 0 Å². The highest BCUT2D eigenvalue weighted by molar-refractivity contribution is 8.21. The molecule has 0 aliphatic carbocycles. The van der Waals surface area contributed by atoms with Crippen LogP contribution in [0.4, 0.5) is 0 Å². The molecule has 0 bridgehead atoms. The summed E-state index contributed by atoms with van der Waals surface area (Å²) in [5.74, 6) is 0. The average Bonchev–Trinajstić information content (AvgIpc) is 2.05. The summed E-state index contributed by atoms with van der Waals surface area (Å²) in [6, 6.07) is 10.2. The first-order valence-corrected chi connectivity index (χ1v) is 4.87. The Morgan fingerprint density at radius 2 is 1.90 bits per heavy atom. The Balaban J connectivity index is 2.75. The highest BCUT2D eigenvalue weighted by Crippen LogP contribution is 2.30. The van der Waals surface area contributed by atoms with Crippen LogP contribution in [0.3, 0.4) is 0 Å². The van der Waals surface area contributed by atoms with Crippen LogP contribution in [0.5, 0.6) is 0 Å². The van der Waals surface area contributed by atoms with Crippen molar-refractivity contribution in [1.82, 2.24) is 0 Å². The van der Waals surface area contributed by atoms with Crippen LogP contribution in [0, 0.1) is 0 Å². The van der Waals surface area contributed by atoms with Crippen LogP contribution < -0.4 is 0 Å². The van der Waals surface area contributed by atoms with Crippen LogP contribution >= 0.6 is 21.7 Å². The summed E-state index contributed by atoms with van der Waals surface area (Å²) < 4.78 is 0. The van der Waals surface area contributed by atoms with Gasteiger partial charge in [-0.3, -0.25) is 0 Å². The van der Waals surface area contributed by atoms with Crippen LogP contribution in [0.25, 0.3) is 0 Å². The molecule has 0 aliphatic heterocycles. The highest BCUT2D eigenvalue weighted by Gasteiger charge is 2.01. The van der Waals surface area contributed by atoms with E-state index in [0.717, 1.165) is 0 Å². The molecule has 0 aromatic heterocycles. The lowest BCUT2D eigenvalue weighted by atomic mass is 10.2. The summed E-state index contributed by atoms with van der Waals surface area (Å²) in [5.41, 5.74) is 1.28. The molecule has 1 unspecified atom stereocenters. The van der Waals surface area contributed by atoms with Crippen molar-refractivity contribution < 1.29 is 0 Å². The molecule has 10 heavy (non-hydrogen) atoms. The Morgan fingerprint density at radius 3 is 2.40 bits per heavy atom. The van der Waals surface area contributed by atoms with Gasteiger partial charge in [0.2, 0.25) is 0 Å². The van der Waals surface area contributed by atoms with Crippen molar-refractivity contribution in [3.05, 3.63) is 35.9 Å². The van der Waals surface area contributed by atoms with Gasteiger partial charge in [-0.2, -0.15) is 0 Å². The molecule has 0 radical (unpaired) electrons. The fourth-order valence-corrected chi connectivity index (χ4v) is 1.34. The maximum atomic E-state index is 5.60. The molecule has 0 spiro atoms. The summed E-state index contributed by atoms with van der Waals surface area (Å²) in [5, 5.41) is 0.392. The van der Waals surface area contributed by atoms with Crippen molar-refractivity contribution in [3.63, 3.8) is 0 Å². The number of halogens is 1. The van der Waals surface area contributed by atoms with E-state index < -0.39 is 0 Å². The van der Waals surface area contributed by atoms with Crippen molar-refractivity contribution in [1.29, 1.82) is 0 Å². The zero-order valence-corrected chi connectivity index (χ0v) is 7.32. The monoisotopic (exact) mass is 172 g/mol. The van der Waals surface area contributed by atoms with Gasteiger partial charge in [0.05, 0.1) is 0 Å². The fraction of sp³-hybridized carbons (Fsp3) is 0.250. The van der Waals surface area contributed by atoms with E-state index in [1.54, 1.807) is 0 Å². The van der Waals surface area contributed by atoms with Gasteiger partial charge in [0, 0.05) is 5.25 Å². The zero-order valence-electron chi connectivity index (χ0n) is 5.75. The largest absolute Gasteiger partial charge is 0.0622 e. The molecular weight excluding hydrogens is 164 g/mol. The molecule has 54 valence electrons. The van der Waals surface area contributed by atoms with E-state index >= 15 is 0 Å². The van der Waals surface area contributed by atoms with Gasteiger partial charge < -0.3 is 0 Å². The summed E-state index contributed by atoms with van der Waals surface area (Å²) in [6.45, 7) is 2.09. The molecule has 0 aliphatic rings. The number of hydrogen-bond donors (Lipinski definition) is 0. The molecule has 0 amide bonds. The second-order valence-electron chi connectivity index (χ2n) is 2.14. The third-order valence-corrected chi connectivity index (χ3v) is 2.74. The Bertz CT molecular complexity index is 186. The quantitative estimate of drug-likeness (QED) is 0.657. The summed E-state index contributed by atoms with van der Waals surface area (Å²) in [6.07, 6.45) is 0. The lowest BCUT2D eigenvalue weighted by Gasteiger charge is -2.04. The Hall–Kier alpha value is -0.140. The summed E-state index contributed by atoms with van der Waals surface area (Å²) in [4.78, 5) is 0. The van der Waals surface area contributed by atoms with E-state index in [0.29, 0.717) is 5.25 Å². The average molecular weight is 173 g/mol.